The summed E-state index contributed by atoms with van der Waals surface area (Å²) < 4.78 is 0. The molecule has 1 aliphatic rings. The molecule has 0 spiro atoms. The molecule has 3 heteroatoms. The molecule has 1 unspecified atom stereocenters. The summed E-state index contributed by atoms with van der Waals surface area (Å²) in [6, 6.07) is 9.90. The van der Waals surface area contributed by atoms with Crippen molar-refractivity contribution in [2.75, 3.05) is 6.61 Å². The number of benzene rings is 1. The van der Waals surface area contributed by atoms with Crippen LogP contribution in [0.5, 0.6) is 0 Å². The molecule has 1 heterocycles. The van der Waals surface area contributed by atoms with Gasteiger partial charge in [-0.2, -0.15) is 0 Å². The smallest absolute Gasteiger partial charge is 0.158 e. The molecule has 13 heavy (non-hydrogen) atoms. The number of aliphatic hydroxyl groups excluding tert-OH is 1. The minimum atomic E-state index is -0.0108. The predicted molar refractivity (Wildman–Crippen MR) is 49.4 cm³/mol. The molecule has 0 radical (unpaired) electrons. The Morgan fingerprint density at radius 2 is 2.15 bits per heavy atom. The van der Waals surface area contributed by atoms with E-state index in [4.69, 9.17) is 9.94 Å². The predicted octanol–water partition coefficient (Wildman–Crippen LogP) is 1.50. The highest BCUT2D eigenvalue weighted by molar-refractivity contribution is 5.86. The summed E-state index contributed by atoms with van der Waals surface area (Å²) in [5, 5.41) is 12.6. The molecule has 68 valence electrons. The Kier molecular flexibility index (Phi) is 2.27. The summed E-state index contributed by atoms with van der Waals surface area (Å²) in [4.78, 5) is 5.17. The second kappa shape index (κ2) is 3.58. The van der Waals surface area contributed by atoms with Crippen molar-refractivity contribution in [1.82, 2.24) is 0 Å². The third-order valence-electron chi connectivity index (χ3n) is 2.08. The summed E-state index contributed by atoms with van der Waals surface area (Å²) in [5.41, 5.74) is 1.82. The maximum Gasteiger partial charge on any atom is 0.158 e. The van der Waals surface area contributed by atoms with E-state index in [2.05, 4.69) is 5.16 Å². The van der Waals surface area contributed by atoms with E-state index in [0.29, 0.717) is 12.1 Å². The molecule has 3 nitrogen and oxygen atoms in total. The second-order valence-electron chi connectivity index (χ2n) is 3.02. The maximum absolute atomic E-state index is 8.82. The van der Waals surface area contributed by atoms with Crippen molar-refractivity contribution in [3.8, 4) is 0 Å². The first-order valence-electron chi connectivity index (χ1n) is 4.27. The Labute approximate surface area is 76.6 Å². The van der Waals surface area contributed by atoms with E-state index in [-0.39, 0.29) is 12.7 Å². The van der Waals surface area contributed by atoms with Crippen LogP contribution < -0.4 is 0 Å². The molecule has 1 aromatic rings. The van der Waals surface area contributed by atoms with Gasteiger partial charge in [0.25, 0.3) is 0 Å². The van der Waals surface area contributed by atoms with Crippen molar-refractivity contribution < 1.29 is 9.94 Å². The average Bonchev–Trinajstić information content (AvgIpc) is 2.67. The van der Waals surface area contributed by atoms with Gasteiger partial charge in [-0.25, -0.2) is 0 Å². The fourth-order valence-electron chi connectivity index (χ4n) is 1.37. The highest BCUT2D eigenvalue weighted by Crippen LogP contribution is 2.26. The zero-order chi connectivity index (χ0) is 9.10. The van der Waals surface area contributed by atoms with Gasteiger partial charge in [0.15, 0.2) is 6.10 Å². The third kappa shape index (κ3) is 1.70. The summed E-state index contributed by atoms with van der Waals surface area (Å²) >= 11 is 0. The van der Waals surface area contributed by atoms with Crippen LogP contribution in [-0.4, -0.2) is 17.4 Å². The van der Waals surface area contributed by atoms with Crippen LogP contribution in [0.2, 0.25) is 0 Å². The Morgan fingerprint density at radius 3 is 2.77 bits per heavy atom. The molecule has 1 aromatic carbocycles. The molecule has 1 aliphatic heterocycles. The van der Waals surface area contributed by atoms with Crippen molar-refractivity contribution in [3.05, 3.63) is 35.9 Å². The van der Waals surface area contributed by atoms with Crippen molar-refractivity contribution in [2.24, 2.45) is 5.16 Å². The fourth-order valence-corrected chi connectivity index (χ4v) is 1.37. The van der Waals surface area contributed by atoms with Crippen LogP contribution in [0.3, 0.4) is 0 Å². The van der Waals surface area contributed by atoms with E-state index in [1.54, 1.807) is 0 Å². The quantitative estimate of drug-likeness (QED) is 0.743. The highest BCUT2D eigenvalue weighted by atomic mass is 16.6. The van der Waals surface area contributed by atoms with E-state index in [1.165, 1.54) is 0 Å². The van der Waals surface area contributed by atoms with Crippen LogP contribution in [0.25, 0.3) is 0 Å². The third-order valence-corrected chi connectivity index (χ3v) is 2.08. The lowest BCUT2D eigenvalue weighted by Crippen LogP contribution is -2.03. The number of rotatable bonds is 2. The molecule has 2 rings (SSSR count). The van der Waals surface area contributed by atoms with Gasteiger partial charge in [0, 0.05) is 6.42 Å². The lowest BCUT2D eigenvalue weighted by molar-refractivity contribution is 0.0856. The van der Waals surface area contributed by atoms with Crippen LogP contribution in [0.4, 0.5) is 0 Å². The molecule has 0 saturated heterocycles. The summed E-state index contributed by atoms with van der Waals surface area (Å²) in [6.45, 7) is -0.0106. The summed E-state index contributed by atoms with van der Waals surface area (Å²) in [7, 11) is 0. The molecule has 0 saturated carbocycles. The van der Waals surface area contributed by atoms with Gasteiger partial charge in [0.2, 0.25) is 0 Å². The Hall–Kier alpha value is -1.35. The first-order valence-corrected chi connectivity index (χ1v) is 4.27. The van der Waals surface area contributed by atoms with Crippen LogP contribution in [0, 0.1) is 0 Å². The molecule has 1 N–H and O–H groups in total. The van der Waals surface area contributed by atoms with Crippen LogP contribution in [0.15, 0.2) is 35.5 Å². The van der Waals surface area contributed by atoms with Crippen molar-refractivity contribution in [1.29, 1.82) is 0 Å². The molecule has 0 aliphatic carbocycles. The van der Waals surface area contributed by atoms with E-state index >= 15 is 0 Å². The van der Waals surface area contributed by atoms with Crippen molar-refractivity contribution >= 4 is 5.71 Å². The highest BCUT2D eigenvalue weighted by Gasteiger charge is 2.21. The normalized spacial score (nSPS) is 21.0. The second-order valence-corrected chi connectivity index (χ2v) is 3.02. The first-order chi connectivity index (χ1) is 6.40. The zero-order valence-electron chi connectivity index (χ0n) is 7.18. The average molecular weight is 177 g/mol. The topological polar surface area (TPSA) is 41.8 Å². The number of nitrogens with zero attached hydrogens (tertiary/aromatic N) is 1. The number of hydrogen-bond acceptors (Lipinski definition) is 3. The molecule has 1 atom stereocenters. The fraction of sp³-hybridized carbons (Fsp3) is 0.300. The monoisotopic (exact) mass is 177 g/mol. The standard InChI is InChI=1S/C10H11NO2/c12-7-9-6-10(13-11-9)8-4-2-1-3-5-8/h1-5,10,12H,6-7H2. The minimum Gasteiger partial charge on any atom is -0.390 e. The number of aliphatic hydroxyl groups is 1. The van der Waals surface area contributed by atoms with E-state index in [0.717, 1.165) is 5.56 Å². The van der Waals surface area contributed by atoms with E-state index < -0.39 is 0 Å². The van der Waals surface area contributed by atoms with Gasteiger partial charge in [-0.15, -0.1) is 0 Å². The van der Waals surface area contributed by atoms with Gasteiger partial charge < -0.3 is 9.94 Å². The Balaban J connectivity index is 2.07. The van der Waals surface area contributed by atoms with E-state index in [1.807, 2.05) is 30.3 Å². The Morgan fingerprint density at radius 1 is 1.38 bits per heavy atom. The SMILES string of the molecule is OCC1=NOC(c2ccccc2)C1. The lowest BCUT2D eigenvalue weighted by atomic mass is 10.1. The van der Waals surface area contributed by atoms with Crippen LogP contribution >= 0.6 is 0 Å². The summed E-state index contributed by atoms with van der Waals surface area (Å²) in [6.07, 6.45) is 0.684. The van der Waals surface area contributed by atoms with Gasteiger partial charge in [-0.1, -0.05) is 35.5 Å². The molecule has 0 amide bonds. The lowest BCUT2D eigenvalue weighted by Gasteiger charge is -2.06. The molecular formula is C10H11NO2. The van der Waals surface area contributed by atoms with Crippen LogP contribution in [0.1, 0.15) is 18.1 Å². The van der Waals surface area contributed by atoms with Gasteiger partial charge in [-0.3, -0.25) is 0 Å². The van der Waals surface area contributed by atoms with Gasteiger partial charge in [-0.05, 0) is 5.56 Å². The maximum atomic E-state index is 8.82. The largest absolute Gasteiger partial charge is 0.390 e. The van der Waals surface area contributed by atoms with Gasteiger partial charge in [0.05, 0.1) is 12.3 Å². The number of hydrogen-bond donors (Lipinski definition) is 1. The summed E-state index contributed by atoms with van der Waals surface area (Å²) in [5.74, 6) is 0. The molecular weight excluding hydrogens is 166 g/mol. The van der Waals surface area contributed by atoms with Crippen molar-refractivity contribution in [2.45, 2.75) is 12.5 Å². The Bertz CT molecular complexity index is 308. The zero-order valence-corrected chi connectivity index (χ0v) is 7.18. The first kappa shape index (κ1) is 8.26. The number of oxime groups is 1. The van der Waals surface area contributed by atoms with Gasteiger partial charge in [0.1, 0.15) is 0 Å². The van der Waals surface area contributed by atoms with E-state index in [9.17, 15) is 0 Å². The molecule has 0 fully saturated rings. The van der Waals surface area contributed by atoms with Gasteiger partial charge >= 0.3 is 0 Å². The van der Waals surface area contributed by atoms with Crippen molar-refractivity contribution in [3.63, 3.8) is 0 Å². The minimum absolute atomic E-state index is 0.0106. The molecule has 0 bridgehead atoms. The van der Waals surface area contributed by atoms with Crippen LogP contribution in [-0.2, 0) is 4.84 Å². The molecule has 0 aromatic heterocycles.